The molecule has 1 atom stereocenters. The summed E-state index contributed by atoms with van der Waals surface area (Å²) >= 11 is 0. The highest BCUT2D eigenvalue weighted by Crippen LogP contribution is 2.03. The van der Waals surface area contributed by atoms with E-state index in [4.69, 9.17) is 0 Å². The van der Waals surface area contributed by atoms with Crippen molar-refractivity contribution in [2.45, 2.75) is 19.9 Å². The van der Waals surface area contributed by atoms with Gasteiger partial charge in [-0.15, -0.1) is 0 Å². The fraction of sp³-hybridized carbons (Fsp3) is 0.900. The molecular formula is C10H21N3O. The number of piperazine rings is 1. The second kappa shape index (κ2) is 5.32. The minimum Gasteiger partial charge on any atom is -0.345 e. The third-order valence-electron chi connectivity index (χ3n) is 2.91. The van der Waals surface area contributed by atoms with Crippen LogP contribution in [0.25, 0.3) is 0 Å². The molecule has 82 valence electrons. The molecule has 1 unspecified atom stereocenters. The van der Waals surface area contributed by atoms with Gasteiger partial charge in [0, 0.05) is 39.8 Å². The Morgan fingerprint density at radius 3 is 2.57 bits per heavy atom. The molecule has 0 radical (unpaired) electrons. The maximum atomic E-state index is 11.8. The Morgan fingerprint density at radius 2 is 2.07 bits per heavy atom. The van der Waals surface area contributed by atoms with E-state index in [0.717, 1.165) is 32.7 Å². The van der Waals surface area contributed by atoms with Crippen LogP contribution >= 0.6 is 0 Å². The molecule has 1 aliphatic rings. The molecule has 0 aromatic carbocycles. The van der Waals surface area contributed by atoms with E-state index < -0.39 is 0 Å². The van der Waals surface area contributed by atoms with Crippen molar-refractivity contribution in [2.75, 3.05) is 39.8 Å². The van der Waals surface area contributed by atoms with Gasteiger partial charge < -0.3 is 10.2 Å². The maximum absolute atomic E-state index is 11.8. The summed E-state index contributed by atoms with van der Waals surface area (Å²) in [5.74, 6) is 0.231. The molecule has 0 aromatic heterocycles. The van der Waals surface area contributed by atoms with Gasteiger partial charge in [-0.3, -0.25) is 9.69 Å². The van der Waals surface area contributed by atoms with Crippen LogP contribution in [0, 0.1) is 0 Å². The number of rotatable bonds is 3. The highest BCUT2D eigenvalue weighted by molar-refractivity contribution is 5.81. The summed E-state index contributed by atoms with van der Waals surface area (Å²) in [4.78, 5) is 15.9. The van der Waals surface area contributed by atoms with Crippen molar-refractivity contribution < 1.29 is 4.79 Å². The number of hydrogen-bond donors (Lipinski definition) is 1. The van der Waals surface area contributed by atoms with E-state index in [1.54, 1.807) is 4.90 Å². The van der Waals surface area contributed by atoms with E-state index >= 15 is 0 Å². The molecule has 1 N–H and O–H groups in total. The molecule has 1 heterocycles. The molecule has 0 aliphatic carbocycles. The second-order valence-corrected chi connectivity index (χ2v) is 3.81. The number of amides is 1. The molecule has 1 aliphatic heterocycles. The monoisotopic (exact) mass is 199 g/mol. The van der Waals surface area contributed by atoms with E-state index in [9.17, 15) is 4.79 Å². The smallest absolute Gasteiger partial charge is 0.239 e. The van der Waals surface area contributed by atoms with Crippen LogP contribution in [0.2, 0.25) is 0 Å². The largest absolute Gasteiger partial charge is 0.345 e. The average Bonchev–Trinajstić information content (AvgIpc) is 2.27. The first kappa shape index (κ1) is 11.5. The average molecular weight is 199 g/mol. The van der Waals surface area contributed by atoms with E-state index in [0.29, 0.717) is 0 Å². The van der Waals surface area contributed by atoms with Gasteiger partial charge in [0.15, 0.2) is 0 Å². The Hall–Kier alpha value is -0.610. The van der Waals surface area contributed by atoms with Crippen LogP contribution in [0.15, 0.2) is 0 Å². The fourth-order valence-corrected chi connectivity index (χ4v) is 1.70. The lowest BCUT2D eigenvalue weighted by Crippen LogP contribution is -2.52. The van der Waals surface area contributed by atoms with Gasteiger partial charge in [-0.05, 0) is 13.8 Å². The Labute approximate surface area is 86.2 Å². The van der Waals surface area contributed by atoms with Gasteiger partial charge in [0.05, 0.1) is 6.04 Å². The zero-order valence-corrected chi connectivity index (χ0v) is 9.42. The fourth-order valence-electron chi connectivity index (χ4n) is 1.70. The summed E-state index contributed by atoms with van der Waals surface area (Å²) in [6.07, 6.45) is 0. The molecule has 1 fully saturated rings. The molecule has 0 saturated carbocycles. The third-order valence-corrected chi connectivity index (χ3v) is 2.91. The quantitative estimate of drug-likeness (QED) is 0.681. The lowest BCUT2D eigenvalue weighted by atomic mass is 10.2. The SMILES string of the molecule is CCN(C)C(=O)C(C)N1CCNCC1. The first-order valence-electron chi connectivity index (χ1n) is 5.36. The number of carbonyl (C=O) groups is 1. The zero-order valence-electron chi connectivity index (χ0n) is 9.42. The molecule has 1 amide bonds. The number of hydrogen-bond acceptors (Lipinski definition) is 3. The second-order valence-electron chi connectivity index (χ2n) is 3.81. The van der Waals surface area contributed by atoms with Crippen molar-refractivity contribution in [2.24, 2.45) is 0 Å². The van der Waals surface area contributed by atoms with Crippen molar-refractivity contribution >= 4 is 5.91 Å². The van der Waals surface area contributed by atoms with Crippen LogP contribution < -0.4 is 5.32 Å². The van der Waals surface area contributed by atoms with Crippen LogP contribution in [0.1, 0.15) is 13.8 Å². The van der Waals surface area contributed by atoms with Crippen LogP contribution in [0.5, 0.6) is 0 Å². The predicted molar refractivity (Wildman–Crippen MR) is 57.2 cm³/mol. The van der Waals surface area contributed by atoms with Gasteiger partial charge in [0.25, 0.3) is 0 Å². The molecule has 1 rings (SSSR count). The first-order chi connectivity index (χ1) is 6.66. The lowest BCUT2D eigenvalue weighted by molar-refractivity contribution is -0.135. The molecule has 0 bridgehead atoms. The Morgan fingerprint density at radius 1 is 1.50 bits per heavy atom. The Balaban J connectivity index is 2.45. The van der Waals surface area contributed by atoms with Crippen LogP contribution in [-0.2, 0) is 4.79 Å². The standard InChI is InChI=1S/C10H21N3O/c1-4-12(3)10(14)9(2)13-7-5-11-6-8-13/h9,11H,4-8H2,1-3H3. The number of likely N-dealkylation sites (N-methyl/N-ethyl adjacent to an activating group) is 1. The van der Waals surface area contributed by atoms with Crippen LogP contribution in [-0.4, -0.2) is 61.5 Å². The van der Waals surface area contributed by atoms with E-state index in [1.165, 1.54) is 0 Å². The van der Waals surface area contributed by atoms with Crippen LogP contribution in [0.4, 0.5) is 0 Å². The van der Waals surface area contributed by atoms with E-state index in [1.807, 2.05) is 20.9 Å². The normalized spacial score (nSPS) is 20.5. The summed E-state index contributed by atoms with van der Waals surface area (Å²) in [6.45, 7) is 8.73. The van der Waals surface area contributed by atoms with Crippen molar-refractivity contribution in [3.63, 3.8) is 0 Å². The van der Waals surface area contributed by atoms with Gasteiger partial charge in [0.1, 0.15) is 0 Å². The summed E-state index contributed by atoms with van der Waals surface area (Å²) in [7, 11) is 1.86. The number of nitrogens with zero attached hydrogens (tertiary/aromatic N) is 2. The predicted octanol–water partition coefficient (Wildman–Crippen LogP) is -0.242. The third kappa shape index (κ3) is 2.69. The Bertz CT molecular complexity index is 190. The van der Waals surface area contributed by atoms with Gasteiger partial charge in [-0.1, -0.05) is 0 Å². The minimum atomic E-state index is 0.0297. The maximum Gasteiger partial charge on any atom is 0.239 e. The first-order valence-corrected chi connectivity index (χ1v) is 5.36. The van der Waals surface area contributed by atoms with Gasteiger partial charge in [0.2, 0.25) is 5.91 Å². The molecule has 1 saturated heterocycles. The summed E-state index contributed by atoms with van der Waals surface area (Å²) in [6, 6.07) is 0.0297. The zero-order chi connectivity index (χ0) is 10.6. The number of carbonyl (C=O) groups excluding carboxylic acids is 1. The van der Waals surface area contributed by atoms with E-state index in [-0.39, 0.29) is 11.9 Å². The van der Waals surface area contributed by atoms with Gasteiger partial charge >= 0.3 is 0 Å². The highest BCUT2D eigenvalue weighted by atomic mass is 16.2. The van der Waals surface area contributed by atoms with Gasteiger partial charge in [-0.2, -0.15) is 0 Å². The van der Waals surface area contributed by atoms with Crippen molar-refractivity contribution in [3.05, 3.63) is 0 Å². The van der Waals surface area contributed by atoms with E-state index in [2.05, 4.69) is 10.2 Å². The van der Waals surface area contributed by atoms with Crippen molar-refractivity contribution in [1.29, 1.82) is 0 Å². The van der Waals surface area contributed by atoms with Crippen molar-refractivity contribution in [3.8, 4) is 0 Å². The Kier molecular flexibility index (Phi) is 4.35. The lowest BCUT2D eigenvalue weighted by Gasteiger charge is -2.33. The van der Waals surface area contributed by atoms with Crippen LogP contribution in [0.3, 0.4) is 0 Å². The molecule has 0 spiro atoms. The molecule has 4 nitrogen and oxygen atoms in total. The van der Waals surface area contributed by atoms with Gasteiger partial charge in [-0.25, -0.2) is 0 Å². The highest BCUT2D eigenvalue weighted by Gasteiger charge is 2.24. The molecule has 0 aromatic rings. The van der Waals surface area contributed by atoms with Crippen molar-refractivity contribution in [1.82, 2.24) is 15.1 Å². The number of nitrogens with one attached hydrogen (secondary N) is 1. The molecule has 14 heavy (non-hydrogen) atoms. The summed E-state index contributed by atoms with van der Waals surface area (Å²) in [5, 5.41) is 3.29. The molecular weight excluding hydrogens is 178 g/mol. The minimum absolute atomic E-state index is 0.0297. The summed E-state index contributed by atoms with van der Waals surface area (Å²) in [5.41, 5.74) is 0. The summed E-state index contributed by atoms with van der Waals surface area (Å²) < 4.78 is 0. The topological polar surface area (TPSA) is 35.6 Å². The molecule has 4 heteroatoms.